The lowest BCUT2D eigenvalue weighted by Crippen LogP contribution is -2.49. The van der Waals surface area contributed by atoms with Gasteiger partial charge in [0.1, 0.15) is 6.61 Å². The zero-order chi connectivity index (χ0) is 14.0. The molecular formula is C14H30N2O2. The third-order valence-electron chi connectivity index (χ3n) is 3.18. The number of nitrogens with one attached hydrogen (secondary N) is 1. The van der Waals surface area contributed by atoms with Crippen LogP contribution >= 0.6 is 0 Å². The molecule has 4 heteroatoms. The van der Waals surface area contributed by atoms with Crippen LogP contribution in [0.15, 0.2) is 0 Å². The van der Waals surface area contributed by atoms with Crippen molar-refractivity contribution in [2.24, 2.45) is 0 Å². The van der Waals surface area contributed by atoms with Crippen molar-refractivity contribution in [3.63, 3.8) is 0 Å². The van der Waals surface area contributed by atoms with Gasteiger partial charge in [-0.1, -0.05) is 39.5 Å². The number of carbonyl (C=O) groups is 1. The summed E-state index contributed by atoms with van der Waals surface area (Å²) in [5.41, 5.74) is 0.0178. The molecule has 1 rings (SSSR count). The summed E-state index contributed by atoms with van der Waals surface area (Å²) in [6.45, 7) is 4.74. The van der Waals surface area contributed by atoms with Crippen LogP contribution in [0.2, 0.25) is 0 Å². The normalized spacial score (nSPS) is 17.4. The zero-order valence-corrected chi connectivity index (χ0v) is 12.7. The van der Waals surface area contributed by atoms with Crippen molar-refractivity contribution in [3.8, 4) is 0 Å². The average Bonchev–Trinajstić information content (AvgIpc) is 2.38. The highest BCUT2D eigenvalue weighted by molar-refractivity contribution is 5.66. The van der Waals surface area contributed by atoms with Crippen molar-refractivity contribution in [2.45, 2.75) is 57.9 Å². The molecule has 0 heterocycles. The molecule has 1 fully saturated rings. The smallest absolute Gasteiger partial charge is 0.409 e. The molecule has 4 nitrogen and oxygen atoms in total. The summed E-state index contributed by atoms with van der Waals surface area (Å²) < 4.78 is 5.26. The minimum Gasteiger partial charge on any atom is -0.447 e. The maximum Gasteiger partial charge on any atom is 0.409 e. The van der Waals surface area contributed by atoms with Gasteiger partial charge in [-0.05, 0) is 19.9 Å². The number of hydrogen-bond donors (Lipinski definition) is 1. The van der Waals surface area contributed by atoms with E-state index >= 15 is 0 Å². The lowest BCUT2D eigenvalue weighted by atomic mass is 9.82. The van der Waals surface area contributed by atoms with E-state index in [0.717, 1.165) is 12.8 Å². The second-order valence-corrected chi connectivity index (χ2v) is 5.25. The molecule has 0 atom stereocenters. The Hall–Kier alpha value is -0.770. The van der Waals surface area contributed by atoms with Crippen LogP contribution < -0.4 is 5.32 Å². The molecule has 0 aromatic heterocycles. The van der Waals surface area contributed by atoms with Gasteiger partial charge in [0.25, 0.3) is 0 Å². The Labute approximate surface area is 112 Å². The van der Waals surface area contributed by atoms with Gasteiger partial charge >= 0.3 is 6.09 Å². The van der Waals surface area contributed by atoms with Gasteiger partial charge in [-0.2, -0.15) is 0 Å². The van der Waals surface area contributed by atoms with Crippen LogP contribution in [-0.2, 0) is 4.74 Å². The molecule has 1 aliphatic rings. The van der Waals surface area contributed by atoms with Gasteiger partial charge in [0.15, 0.2) is 0 Å². The van der Waals surface area contributed by atoms with Crippen molar-refractivity contribution in [1.29, 1.82) is 0 Å². The first-order valence-corrected chi connectivity index (χ1v) is 7.04. The van der Waals surface area contributed by atoms with Crippen LogP contribution in [-0.4, -0.2) is 44.3 Å². The standard InChI is InChI=1S/C11H22N2O2.C3H8/c1-12-11(7-5-4-6-8-11)9-15-10(14)13(2)3;1-3-2/h12H,4-9H2,1-3H3;3H2,1-2H3. The molecule has 0 bridgehead atoms. The number of carbonyl (C=O) groups excluding carboxylic acids is 1. The van der Waals surface area contributed by atoms with Crippen molar-refractivity contribution >= 4 is 6.09 Å². The summed E-state index contributed by atoms with van der Waals surface area (Å²) in [6, 6.07) is 0. The molecule has 1 aliphatic carbocycles. The predicted octanol–water partition coefficient (Wildman–Crippen LogP) is 3.02. The van der Waals surface area contributed by atoms with E-state index in [0.29, 0.717) is 6.61 Å². The Bertz CT molecular complexity index is 224. The summed E-state index contributed by atoms with van der Waals surface area (Å²) >= 11 is 0. The molecule has 1 N–H and O–H groups in total. The molecule has 108 valence electrons. The quantitative estimate of drug-likeness (QED) is 0.846. The fourth-order valence-corrected chi connectivity index (χ4v) is 2.02. The SMILES string of the molecule is CCC.CNC1(COC(=O)N(C)C)CCCCC1. The Morgan fingerprint density at radius 2 is 1.72 bits per heavy atom. The summed E-state index contributed by atoms with van der Waals surface area (Å²) in [6.07, 6.45) is 6.94. The molecule has 0 saturated heterocycles. The first-order valence-electron chi connectivity index (χ1n) is 7.04. The second-order valence-electron chi connectivity index (χ2n) is 5.25. The van der Waals surface area contributed by atoms with Gasteiger partial charge in [-0.3, -0.25) is 0 Å². The number of likely N-dealkylation sites (N-methyl/N-ethyl adjacent to an activating group) is 1. The van der Waals surface area contributed by atoms with E-state index in [2.05, 4.69) is 19.2 Å². The number of ether oxygens (including phenoxy) is 1. The third kappa shape index (κ3) is 6.24. The third-order valence-corrected chi connectivity index (χ3v) is 3.18. The van der Waals surface area contributed by atoms with E-state index in [1.807, 2.05) is 7.05 Å². The second kappa shape index (κ2) is 9.20. The van der Waals surface area contributed by atoms with Gasteiger partial charge in [-0.15, -0.1) is 0 Å². The monoisotopic (exact) mass is 258 g/mol. The lowest BCUT2D eigenvalue weighted by Gasteiger charge is -2.36. The van der Waals surface area contributed by atoms with Gasteiger partial charge in [0.2, 0.25) is 0 Å². The molecule has 1 amide bonds. The highest BCUT2D eigenvalue weighted by Crippen LogP contribution is 2.28. The minimum atomic E-state index is -0.254. The van der Waals surface area contributed by atoms with Crippen molar-refractivity contribution < 1.29 is 9.53 Å². The van der Waals surface area contributed by atoms with Crippen LogP contribution in [0.25, 0.3) is 0 Å². The molecule has 0 spiro atoms. The maximum absolute atomic E-state index is 11.3. The predicted molar refractivity (Wildman–Crippen MR) is 75.9 cm³/mol. The highest BCUT2D eigenvalue weighted by atomic mass is 16.6. The Balaban J connectivity index is 0.000000873. The molecule has 0 aromatic rings. The molecule has 0 aliphatic heterocycles. The molecular weight excluding hydrogens is 228 g/mol. The first kappa shape index (κ1) is 17.2. The molecule has 18 heavy (non-hydrogen) atoms. The molecule has 1 saturated carbocycles. The molecule has 0 radical (unpaired) electrons. The molecule has 0 aromatic carbocycles. The van der Waals surface area contributed by atoms with E-state index in [9.17, 15) is 4.79 Å². The minimum absolute atomic E-state index is 0.0178. The number of hydrogen-bond acceptors (Lipinski definition) is 3. The van der Waals surface area contributed by atoms with Crippen molar-refractivity contribution in [1.82, 2.24) is 10.2 Å². The van der Waals surface area contributed by atoms with Crippen LogP contribution in [0, 0.1) is 0 Å². The topological polar surface area (TPSA) is 41.6 Å². The van der Waals surface area contributed by atoms with E-state index in [4.69, 9.17) is 4.74 Å². The van der Waals surface area contributed by atoms with E-state index in [1.54, 1.807) is 14.1 Å². The number of rotatable bonds is 3. The Morgan fingerprint density at radius 3 is 2.11 bits per heavy atom. The Morgan fingerprint density at radius 1 is 1.22 bits per heavy atom. The lowest BCUT2D eigenvalue weighted by molar-refractivity contribution is 0.0696. The van der Waals surface area contributed by atoms with Crippen molar-refractivity contribution in [3.05, 3.63) is 0 Å². The van der Waals surface area contributed by atoms with Gasteiger partial charge < -0.3 is 15.0 Å². The zero-order valence-electron chi connectivity index (χ0n) is 12.7. The number of nitrogens with zero attached hydrogens (tertiary/aromatic N) is 1. The van der Waals surface area contributed by atoms with Crippen LogP contribution in [0.3, 0.4) is 0 Å². The van der Waals surface area contributed by atoms with Gasteiger partial charge in [0.05, 0.1) is 5.54 Å². The summed E-state index contributed by atoms with van der Waals surface area (Å²) in [4.78, 5) is 12.8. The Kier molecular flexibility index (Phi) is 8.81. The van der Waals surface area contributed by atoms with Gasteiger partial charge in [-0.25, -0.2) is 4.79 Å². The molecule has 0 unspecified atom stereocenters. The largest absolute Gasteiger partial charge is 0.447 e. The van der Waals surface area contributed by atoms with Crippen LogP contribution in [0.5, 0.6) is 0 Å². The summed E-state index contributed by atoms with van der Waals surface area (Å²) in [5, 5.41) is 3.32. The van der Waals surface area contributed by atoms with Crippen molar-refractivity contribution in [2.75, 3.05) is 27.7 Å². The van der Waals surface area contributed by atoms with E-state index in [-0.39, 0.29) is 11.6 Å². The van der Waals surface area contributed by atoms with Gasteiger partial charge in [0, 0.05) is 14.1 Å². The number of amides is 1. The van der Waals surface area contributed by atoms with E-state index in [1.165, 1.54) is 30.6 Å². The fourth-order valence-electron chi connectivity index (χ4n) is 2.02. The van der Waals surface area contributed by atoms with E-state index < -0.39 is 0 Å². The van der Waals surface area contributed by atoms with Crippen LogP contribution in [0.4, 0.5) is 4.79 Å². The maximum atomic E-state index is 11.3. The first-order chi connectivity index (χ1) is 8.51. The fraction of sp³-hybridized carbons (Fsp3) is 0.929. The summed E-state index contributed by atoms with van der Waals surface area (Å²) in [5.74, 6) is 0. The van der Waals surface area contributed by atoms with Crippen LogP contribution in [0.1, 0.15) is 52.4 Å². The highest BCUT2D eigenvalue weighted by Gasteiger charge is 2.31. The average molecular weight is 258 g/mol. The summed E-state index contributed by atoms with van der Waals surface area (Å²) in [7, 11) is 5.36.